The number of hydrogen-bond donors (Lipinski definition) is 2. The van der Waals surface area contributed by atoms with Crippen LogP contribution in [0, 0.1) is 11.3 Å². The number of aromatic amines is 2. The maximum absolute atomic E-state index is 13.1. The van der Waals surface area contributed by atoms with Crippen LogP contribution in [-0.4, -0.2) is 103 Å². The van der Waals surface area contributed by atoms with Gasteiger partial charge in [-0.25, -0.2) is 9.97 Å². The Kier molecular flexibility index (Phi) is 8.48. The van der Waals surface area contributed by atoms with Gasteiger partial charge in [-0.15, -0.1) is 0 Å². The first-order valence-electron chi connectivity index (χ1n) is 14.4. The first kappa shape index (κ1) is 26.9. The number of aromatic nitrogens is 4. The minimum atomic E-state index is -0.0234. The van der Waals surface area contributed by atoms with Gasteiger partial charge in [0.2, 0.25) is 11.8 Å². The second kappa shape index (κ2) is 12.0. The molecular weight excluding hydrogens is 480 g/mol. The number of nitrogens with zero attached hydrogens (tertiary/aromatic N) is 6. The standard InChI is InChI=1S/C28H44N8O2/c1-22(2)18-33-14-5-28(6-15-33)7-16-35(21-28)27(38)17-26(37)34-12-3-23(4-13-34)36(19-24-29-8-9-30-24)20-25-31-10-11-32-25/h8-11,22-23H,3-7,12-21H2,1-2H3,(H,29,30)(H,31,32). The maximum atomic E-state index is 13.1. The van der Waals surface area contributed by atoms with E-state index in [2.05, 4.69) is 43.6 Å². The van der Waals surface area contributed by atoms with Crippen molar-refractivity contribution in [3.8, 4) is 0 Å². The number of rotatable bonds is 9. The molecule has 5 rings (SSSR count). The number of amides is 2. The fraction of sp³-hybridized carbons (Fsp3) is 0.714. The van der Waals surface area contributed by atoms with E-state index in [0.717, 1.165) is 76.5 Å². The summed E-state index contributed by atoms with van der Waals surface area (Å²) in [6.07, 6.45) is 12.4. The van der Waals surface area contributed by atoms with E-state index >= 15 is 0 Å². The molecule has 208 valence electrons. The minimum absolute atomic E-state index is 0.00270. The lowest BCUT2D eigenvalue weighted by molar-refractivity contribution is -0.141. The molecule has 0 radical (unpaired) electrons. The smallest absolute Gasteiger partial charge is 0.232 e. The molecule has 1 spiro atoms. The summed E-state index contributed by atoms with van der Waals surface area (Å²) in [4.78, 5) is 50.2. The van der Waals surface area contributed by atoms with Gasteiger partial charge < -0.3 is 24.7 Å². The molecule has 2 amide bonds. The Labute approximate surface area is 226 Å². The summed E-state index contributed by atoms with van der Waals surface area (Å²) in [5, 5.41) is 0. The largest absolute Gasteiger partial charge is 0.348 e. The predicted octanol–water partition coefficient (Wildman–Crippen LogP) is 2.49. The average Bonchev–Trinajstić information content (AvgIpc) is 3.68. The number of imidazole rings is 2. The van der Waals surface area contributed by atoms with Gasteiger partial charge in [0, 0.05) is 63.6 Å². The van der Waals surface area contributed by atoms with E-state index in [0.29, 0.717) is 38.1 Å². The first-order valence-corrected chi connectivity index (χ1v) is 14.4. The highest BCUT2D eigenvalue weighted by Crippen LogP contribution is 2.40. The molecule has 3 fully saturated rings. The van der Waals surface area contributed by atoms with Gasteiger partial charge in [-0.3, -0.25) is 14.5 Å². The Morgan fingerprint density at radius 3 is 2.05 bits per heavy atom. The van der Waals surface area contributed by atoms with Crippen molar-refractivity contribution in [3.05, 3.63) is 36.4 Å². The zero-order valence-corrected chi connectivity index (χ0v) is 23.1. The molecule has 0 bridgehead atoms. The molecule has 2 aromatic heterocycles. The van der Waals surface area contributed by atoms with Crippen LogP contribution in [0.1, 0.15) is 64.0 Å². The molecule has 3 aliphatic heterocycles. The van der Waals surface area contributed by atoms with Gasteiger partial charge in [-0.05, 0) is 56.5 Å². The molecule has 2 N–H and O–H groups in total. The van der Waals surface area contributed by atoms with Crippen LogP contribution in [0.5, 0.6) is 0 Å². The minimum Gasteiger partial charge on any atom is -0.348 e. The van der Waals surface area contributed by atoms with Crippen molar-refractivity contribution in [2.75, 3.05) is 45.8 Å². The van der Waals surface area contributed by atoms with Crippen molar-refractivity contribution >= 4 is 11.8 Å². The van der Waals surface area contributed by atoms with Crippen molar-refractivity contribution in [1.29, 1.82) is 0 Å². The third-order valence-electron chi connectivity index (χ3n) is 8.78. The quantitative estimate of drug-likeness (QED) is 0.489. The van der Waals surface area contributed by atoms with Crippen molar-refractivity contribution in [3.63, 3.8) is 0 Å². The molecule has 3 saturated heterocycles. The predicted molar refractivity (Wildman–Crippen MR) is 145 cm³/mol. The van der Waals surface area contributed by atoms with Gasteiger partial charge in [-0.1, -0.05) is 13.8 Å². The number of piperidine rings is 2. The molecule has 0 saturated carbocycles. The molecule has 0 unspecified atom stereocenters. The van der Waals surface area contributed by atoms with Crippen molar-refractivity contribution in [2.45, 2.75) is 71.5 Å². The zero-order valence-electron chi connectivity index (χ0n) is 23.1. The normalized spacial score (nSPS) is 20.7. The number of nitrogens with one attached hydrogen (secondary N) is 2. The Balaban J connectivity index is 1.09. The Morgan fingerprint density at radius 2 is 1.50 bits per heavy atom. The van der Waals surface area contributed by atoms with E-state index < -0.39 is 0 Å². The van der Waals surface area contributed by atoms with E-state index in [4.69, 9.17) is 0 Å². The molecule has 0 aliphatic carbocycles. The second-order valence-corrected chi connectivity index (χ2v) is 12.0. The van der Waals surface area contributed by atoms with Gasteiger partial charge in [0.05, 0.1) is 13.1 Å². The van der Waals surface area contributed by atoms with Gasteiger partial charge in [0.25, 0.3) is 0 Å². The fourth-order valence-electron chi connectivity index (χ4n) is 6.58. The van der Waals surface area contributed by atoms with Crippen LogP contribution in [0.4, 0.5) is 0 Å². The highest BCUT2D eigenvalue weighted by molar-refractivity contribution is 5.97. The van der Waals surface area contributed by atoms with Crippen LogP contribution in [0.15, 0.2) is 24.8 Å². The van der Waals surface area contributed by atoms with Crippen molar-refractivity contribution < 1.29 is 9.59 Å². The lowest BCUT2D eigenvalue weighted by atomic mass is 9.77. The fourth-order valence-corrected chi connectivity index (χ4v) is 6.58. The molecule has 0 aromatic carbocycles. The Morgan fingerprint density at radius 1 is 0.921 bits per heavy atom. The lowest BCUT2D eigenvalue weighted by Crippen LogP contribution is -2.47. The lowest BCUT2D eigenvalue weighted by Gasteiger charge is -2.40. The second-order valence-electron chi connectivity index (χ2n) is 12.0. The molecule has 3 aliphatic rings. The Hall–Kier alpha value is -2.72. The van der Waals surface area contributed by atoms with E-state index in [9.17, 15) is 9.59 Å². The molecule has 0 atom stereocenters. The summed E-state index contributed by atoms with van der Waals surface area (Å²) < 4.78 is 0. The van der Waals surface area contributed by atoms with Crippen LogP contribution in [-0.2, 0) is 22.7 Å². The first-order chi connectivity index (χ1) is 18.4. The molecule has 38 heavy (non-hydrogen) atoms. The zero-order chi connectivity index (χ0) is 26.5. The van der Waals surface area contributed by atoms with Crippen LogP contribution in [0.3, 0.4) is 0 Å². The summed E-state index contributed by atoms with van der Waals surface area (Å²) in [6, 6.07) is 0.324. The maximum Gasteiger partial charge on any atom is 0.232 e. The SMILES string of the molecule is CC(C)CN1CCC2(CC1)CCN(C(=O)CC(=O)N1CCC(N(Cc3ncc[nH]3)Cc3ncc[nH]3)CC1)C2. The molecular formula is C28H44N8O2. The van der Waals surface area contributed by atoms with Gasteiger partial charge in [-0.2, -0.15) is 0 Å². The summed E-state index contributed by atoms with van der Waals surface area (Å²) in [5.74, 6) is 2.53. The number of carbonyl (C=O) groups is 2. The van der Waals surface area contributed by atoms with E-state index in [-0.39, 0.29) is 23.7 Å². The van der Waals surface area contributed by atoms with E-state index in [1.54, 1.807) is 12.4 Å². The average molecular weight is 525 g/mol. The molecule has 10 nitrogen and oxygen atoms in total. The summed E-state index contributed by atoms with van der Waals surface area (Å²) in [6.45, 7) is 12.4. The van der Waals surface area contributed by atoms with Crippen LogP contribution in [0.2, 0.25) is 0 Å². The molecule has 10 heteroatoms. The highest BCUT2D eigenvalue weighted by Gasteiger charge is 2.42. The number of H-pyrrole nitrogens is 2. The number of carbonyl (C=O) groups excluding carboxylic acids is 2. The Bertz CT molecular complexity index is 985. The van der Waals surface area contributed by atoms with Crippen LogP contribution < -0.4 is 0 Å². The van der Waals surface area contributed by atoms with Gasteiger partial charge >= 0.3 is 0 Å². The summed E-state index contributed by atoms with van der Waals surface area (Å²) >= 11 is 0. The monoisotopic (exact) mass is 524 g/mol. The van der Waals surface area contributed by atoms with E-state index in [1.165, 1.54) is 0 Å². The summed E-state index contributed by atoms with van der Waals surface area (Å²) in [5.41, 5.74) is 0.260. The van der Waals surface area contributed by atoms with Gasteiger partial charge in [0.1, 0.15) is 18.1 Å². The van der Waals surface area contributed by atoms with Gasteiger partial charge in [0.15, 0.2) is 0 Å². The van der Waals surface area contributed by atoms with E-state index in [1.807, 2.05) is 22.2 Å². The van der Waals surface area contributed by atoms with Crippen LogP contribution in [0.25, 0.3) is 0 Å². The highest BCUT2D eigenvalue weighted by atomic mass is 16.2. The number of likely N-dealkylation sites (tertiary alicyclic amines) is 3. The third kappa shape index (κ3) is 6.64. The molecule has 2 aromatic rings. The topological polar surface area (TPSA) is 104 Å². The third-order valence-corrected chi connectivity index (χ3v) is 8.78. The summed E-state index contributed by atoms with van der Waals surface area (Å²) in [7, 11) is 0. The van der Waals surface area contributed by atoms with Crippen molar-refractivity contribution in [1.82, 2.24) is 39.5 Å². The molecule has 5 heterocycles. The van der Waals surface area contributed by atoms with Crippen molar-refractivity contribution in [2.24, 2.45) is 11.3 Å². The van der Waals surface area contributed by atoms with Crippen LogP contribution >= 0.6 is 0 Å². The number of hydrogen-bond acceptors (Lipinski definition) is 6.